The number of para-hydroxylation sites is 1. The maximum atomic E-state index is 12.3. The van der Waals surface area contributed by atoms with Crippen molar-refractivity contribution in [2.24, 2.45) is 11.8 Å². The van der Waals surface area contributed by atoms with Crippen molar-refractivity contribution < 1.29 is 19.4 Å². The molecule has 2 aliphatic rings. The Morgan fingerprint density at radius 2 is 1.68 bits per heavy atom. The molecule has 5 heteroatoms. The monoisotopic (exact) mass is 303 g/mol. The molecule has 3 atom stereocenters. The lowest BCUT2D eigenvalue weighted by Gasteiger charge is -2.19. The van der Waals surface area contributed by atoms with Crippen LogP contribution in [0.1, 0.15) is 25.7 Å². The number of carbonyl (C=O) groups excluding carboxylic acids is 2. The minimum Gasteiger partial charge on any atom is -0.491 e. The third-order valence-corrected chi connectivity index (χ3v) is 4.51. The lowest BCUT2D eigenvalue weighted by atomic mass is 9.81. The van der Waals surface area contributed by atoms with E-state index >= 15 is 0 Å². The molecule has 1 saturated carbocycles. The van der Waals surface area contributed by atoms with Crippen LogP contribution >= 0.6 is 0 Å². The van der Waals surface area contributed by atoms with E-state index in [1.54, 1.807) is 12.1 Å². The van der Waals surface area contributed by atoms with E-state index in [0.29, 0.717) is 5.75 Å². The molecule has 0 unspecified atom stereocenters. The van der Waals surface area contributed by atoms with E-state index in [9.17, 15) is 14.7 Å². The lowest BCUT2D eigenvalue weighted by Crippen LogP contribution is -2.40. The van der Waals surface area contributed by atoms with E-state index < -0.39 is 6.10 Å². The number of rotatable bonds is 5. The molecule has 1 saturated heterocycles. The Balaban J connectivity index is 1.56. The second-order valence-corrected chi connectivity index (χ2v) is 6.06. The number of benzene rings is 1. The van der Waals surface area contributed by atoms with Crippen molar-refractivity contribution in [1.29, 1.82) is 0 Å². The normalized spacial score (nSPS) is 26.0. The molecule has 118 valence electrons. The first-order valence-corrected chi connectivity index (χ1v) is 7.88. The summed E-state index contributed by atoms with van der Waals surface area (Å²) in [6.45, 7) is 0.0912. The molecule has 1 aromatic rings. The Bertz CT molecular complexity index is 521. The van der Waals surface area contributed by atoms with Gasteiger partial charge < -0.3 is 9.84 Å². The molecule has 3 rings (SSSR count). The predicted molar refractivity (Wildman–Crippen MR) is 80.1 cm³/mol. The van der Waals surface area contributed by atoms with Crippen molar-refractivity contribution in [2.45, 2.75) is 31.8 Å². The average molecular weight is 303 g/mol. The van der Waals surface area contributed by atoms with Gasteiger partial charge in [-0.2, -0.15) is 0 Å². The van der Waals surface area contributed by atoms with E-state index in [-0.39, 0.29) is 36.8 Å². The SMILES string of the molecule is O=C1[C@@H]2CCCC[C@H]2C(=O)N1C[C@H](O)COc1ccccc1. The second kappa shape index (κ2) is 6.48. The molecule has 2 fully saturated rings. The van der Waals surface area contributed by atoms with E-state index in [4.69, 9.17) is 4.74 Å². The molecule has 1 heterocycles. The number of carbonyl (C=O) groups is 2. The van der Waals surface area contributed by atoms with Crippen LogP contribution in [-0.4, -0.2) is 41.1 Å². The summed E-state index contributed by atoms with van der Waals surface area (Å²) in [6, 6.07) is 9.17. The van der Waals surface area contributed by atoms with Gasteiger partial charge in [-0.3, -0.25) is 14.5 Å². The van der Waals surface area contributed by atoms with Gasteiger partial charge in [-0.15, -0.1) is 0 Å². The summed E-state index contributed by atoms with van der Waals surface area (Å²) in [6.07, 6.45) is 2.74. The molecule has 1 aromatic carbocycles. The van der Waals surface area contributed by atoms with Crippen LogP contribution < -0.4 is 4.74 Å². The molecule has 22 heavy (non-hydrogen) atoms. The molecule has 1 N–H and O–H groups in total. The van der Waals surface area contributed by atoms with Crippen molar-refractivity contribution in [3.8, 4) is 5.75 Å². The fourth-order valence-corrected chi connectivity index (χ4v) is 3.38. The summed E-state index contributed by atoms with van der Waals surface area (Å²) in [5, 5.41) is 10.1. The Hall–Kier alpha value is -1.88. The van der Waals surface area contributed by atoms with Gasteiger partial charge in [-0.05, 0) is 25.0 Å². The van der Waals surface area contributed by atoms with Crippen LogP contribution in [0.25, 0.3) is 0 Å². The van der Waals surface area contributed by atoms with Crippen molar-refractivity contribution in [1.82, 2.24) is 4.90 Å². The number of hydrogen-bond acceptors (Lipinski definition) is 4. The van der Waals surface area contributed by atoms with E-state index in [1.807, 2.05) is 18.2 Å². The highest BCUT2D eigenvalue weighted by molar-refractivity contribution is 6.05. The van der Waals surface area contributed by atoms with Crippen molar-refractivity contribution in [3.05, 3.63) is 30.3 Å². The summed E-state index contributed by atoms with van der Waals surface area (Å²) in [7, 11) is 0. The molecule has 1 aliphatic heterocycles. The number of amides is 2. The summed E-state index contributed by atoms with van der Waals surface area (Å²) < 4.78 is 5.47. The number of ether oxygens (including phenoxy) is 1. The Morgan fingerprint density at radius 1 is 1.09 bits per heavy atom. The quantitative estimate of drug-likeness (QED) is 0.839. The smallest absolute Gasteiger partial charge is 0.233 e. The van der Waals surface area contributed by atoms with Crippen LogP contribution in [0, 0.1) is 11.8 Å². The molecule has 2 amide bonds. The largest absolute Gasteiger partial charge is 0.491 e. The molecule has 0 radical (unpaired) electrons. The zero-order chi connectivity index (χ0) is 15.5. The zero-order valence-electron chi connectivity index (χ0n) is 12.5. The third-order valence-electron chi connectivity index (χ3n) is 4.51. The molecule has 1 aliphatic carbocycles. The lowest BCUT2D eigenvalue weighted by molar-refractivity contribution is -0.141. The first kappa shape index (κ1) is 15.0. The predicted octanol–water partition coefficient (Wildman–Crippen LogP) is 1.60. The van der Waals surface area contributed by atoms with Crippen LogP contribution in [0.4, 0.5) is 0 Å². The van der Waals surface area contributed by atoms with Crippen LogP contribution in [0.2, 0.25) is 0 Å². The number of aliphatic hydroxyl groups is 1. The Morgan fingerprint density at radius 3 is 2.27 bits per heavy atom. The topological polar surface area (TPSA) is 66.8 Å². The Kier molecular flexibility index (Phi) is 4.43. The van der Waals surface area contributed by atoms with Crippen molar-refractivity contribution >= 4 is 11.8 Å². The van der Waals surface area contributed by atoms with E-state index in [1.165, 1.54) is 4.90 Å². The maximum Gasteiger partial charge on any atom is 0.233 e. The molecular weight excluding hydrogens is 282 g/mol. The fourth-order valence-electron chi connectivity index (χ4n) is 3.38. The van der Waals surface area contributed by atoms with Gasteiger partial charge in [-0.1, -0.05) is 31.0 Å². The number of aliphatic hydroxyl groups excluding tert-OH is 1. The van der Waals surface area contributed by atoms with Crippen molar-refractivity contribution in [2.75, 3.05) is 13.2 Å². The van der Waals surface area contributed by atoms with Gasteiger partial charge in [0.05, 0.1) is 18.4 Å². The molecule has 0 bridgehead atoms. The van der Waals surface area contributed by atoms with Gasteiger partial charge in [0.1, 0.15) is 18.5 Å². The van der Waals surface area contributed by atoms with Gasteiger partial charge in [0.2, 0.25) is 11.8 Å². The van der Waals surface area contributed by atoms with E-state index in [2.05, 4.69) is 0 Å². The summed E-state index contributed by atoms with van der Waals surface area (Å²) in [4.78, 5) is 25.9. The standard InChI is InChI=1S/C17H21NO4/c19-12(11-22-13-6-2-1-3-7-13)10-18-16(20)14-8-4-5-9-15(14)17(18)21/h1-3,6-7,12,14-15,19H,4-5,8-11H2/t12-,14+,15+/m0/s1. The second-order valence-electron chi connectivity index (χ2n) is 6.06. The fraction of sp³-hybridized carbons (Fsp3) is 0.529. The molecular formula is C17H21NO4. The summed E-state index contributed by atoms with van der Waals surface area (Å²) in [5.41, 5.74) is 0. The highest BCUT2D eigenvalue weighted by Gasteiger charge is 2.48. The minimum atomic E-state index is -0.867. The average Bonchev–Trinajstić information content (AvgIpc) is 2.79. The number of nitrogens with zero attached hydrogens (tertiary/aromatic N) is 1. The van der Waals surface area contributed by atoms with Crippen LogP contribution in [0.15, 0.2) is 30.3 Å². The van der Waals surface area contributed by atoms with Crippen molar-refractivity contribution in [3.63, 3.8) is 0 Å². The number of likely N-dealkylation sites (tertiary alicyclic amines) is 1. The molecule has 0 aromatic heterocycles. The highest BCUT2D eigenvalue weighted by Crippen LogP contribution is 2.37. The first-order chi connectivity index (χ1) is 10.7. The minimum absolute atomic E-state index is 0.0253. The van der Waals surface area contributed by atoms with Gasteiger partial charge in [0.15, 0.2) is 0 Å². The number of hydrogen-bond donors (Lipinski definition) is 1. The zero-order valence-corrected chi connectivity index (χ0v) is 12.5. The first-order valence-electron chi connectivity index (χ1n) is 7.88. The van der Waals surface area contributed by atoms with Gasteiger partial charge >= 0.3 is 0 Å². The van der Waals surface area contributed by atoms with Crippen LogP contribution in [-0.2, 0) is 9.59 Å². The van der Waals surface area contributed by atoms with Gasteiger partial charge in [0, 0.05) is 0 Å². The van der Waals surface area contributed by atoms with Crippen LogP contribution in [0.5, 0.6) is 5.75 Å². The maximum absolute atomic E-state index is 12.3. The van der Waals surface area contributed by atoms with E-state index in [0.717, 1.165) is 25.7 Å². The van der Waals surface area contributed by atoms with Crippen LogP contribution in [0.3, 0.4) is 0 Å². The summed E-state index contributed by atoms with van der Waals surface area (Å²) >= 11 is 0. The highest BCUT2D eigenvalue weighted by atomic mass is 16.5. The van der Waals surface area contributed by atoms with Gasteiger partial charge in [0.25, 0.3) is 0 Å². The number of imide groups is 1. The number of β-amino-alcohol motifs (C(OH)–C–C–N with tert-alkyl or cyclic N) is 1. The molecule has 0 spiro atoms. The number of fused-ring (bicyclic) bond motifs is 1. The Labute approximate surface area is 129 Å². The van der Waals surface area contributed by atoms with Gasteiger partial charge in [-0.25, -0.2) is 0 Å². The third kappa shape index (κ3) is 2.99. The summed E-state index contributed by atoms with van der Waals surface area (Å²) in [5.74, 6) is 0.100. The molecule has 5 nitrogen and oxygen atoms in total.